The molecule has 1 heterocycles. The second kappa shape index (κ2) is 7.55. The standard InChI is InChI=1S/C24H18F2N2O2/c1-14-4-3-5-20(15(14)2)28-23(29)21(16-6-8-17(25)9-7-16)22(24(28)30)27-19-12-10-18(26)11-13-19/h3-13,27H,1-2H3. The second-order valence-electron chi connectivity index (χ2n) is 7.05. The number of anilines is 2. The van der Waals surface area contributed by atoms with Crippen LogP contribution in [-0.2, 0) is 9.59 Å². The number of imide groups is 1. The summed E-state index contributed by atoms with van der Waals surface area (Å²) >= 11 is 0. The molecule has 3 aromatic carbocycles. The van der Waals surface area contributed by atoms with Crippen LogP contribution >= 0.6 is 0 Å². The van der Waals surface area contributed by atoms with E-state index in [1.54, 1.807) is 12.1 Å². The number of halogens is 2. The smallest absolute Gasteiger partial charge is 0.282 e. The molecule has 6 heteroatoms. The van der Waals surface area contributed by atoms with Gasteiger partial charge in [-0.15, -0.1) is 0 Å². The van der Waals surface area contributed by atoms with E-state index in [2.05, 4.69) is 5.32 Å². The molecule has 0 fully saturated rings. The first kappa shape index (κ1) is 19.5. The summed E-state index contributed by atoms with van der Waals surface area (Å²) in [5.41, 5.74) is 3.28. The first-order valence-corrected chi connectivity index (χ1v) is 9.34. The minimum Gasteiger partial charge on any atom is -0.350 e. The Morgan fingerprint density at radius 3 is 2.00 bits per heavy atom. The average molecular weight is 404 g/mol. The minimum atomic E-state index is -0.530. The van der Waals surface area contributed by atoms with E-state index in [-0.39, 0.29) is 11.3 Å². The third kappa shape index (κ3) is 3.37. The molecule has 0 spiro atoms. The van der Waals surface area contributed by atoms with E-state index >= 15 is 0 Å². The number of carbonyl (C=O) groups excluding carboxylic acids is 2. The maximum Gasteiger partial charge on any atom is 0.282 e. The summed E-state index contributed by atoms with van der Waals surface area (Å²) in [6.07, 6.45) is 0. The van der Waals surface area contributed by atoms with Gasteiger partial charge in [0.25, 0.3) is 11.8 Å². The van der Waals surface area contributed by atoms with Crippen LogP contribution in [0, 0.1) is 25.5 Å². The lowest BCUT2D eigenvalue weighted by atomic mass is 10.0. The lowest BCUT2D eigenvalue weighted by Gasteiger charge is -2.19. The van der Waals surface area contributed by atoms with E-state index in [1.807, 2.05) is 19.9 Å². The zero-order valence-corrected chi connectivity index (χ0v) is 16.4. The van der Waals surface area contributed by atoms with Crippen molar-refractivity contribution >= 4 is 28.8 Å². The number of nitrogens with one attached hydrogen (secondary N) is 1. The summed E-state index contributed by atoms with van der Waals surface area (Å²) < 4.78 is 26.7. The zero-order chi connectivity index (χ0) is 21.4. The van der Waals surface area contributed by atoms with E-state index in [0.29, 0.717) is 16.9 Å². The fourth-order valence-electron chi connectivity index (χ4n) is 3.40. The lowest BCUT2D eigenvalue weighted by Crippen LogP contribution is -2.33. The molecule has 0 saturated carbocycles. The van der Waals surface area contributed by atoms with Gasteiger partial charge in [0.1, 0.15) is 17.3 Å². The molecule has 4 rings (SSSR count). The number of hydrogen-bond donors (Lipinski definition) is 1. The fourth-order valence-corrected chi connectivity index (χ4v) is 3.40. The summed E-state index contributed by atoms with van der Waals surface area (Å²) in [5, 5.41) is 2.95. The third-order valence-electron chi connectivity index (χ3n) is 5.15. The summed E-state index contributed by atoms with van der Waals surface area (Å²) in [6.45, 7) is 3.74. The summed E-state index contributed by atoms with van der Waals surface area (Å²) in [6, 6.07) is 16.2. The predicted octanol–water partition coefficient (Wildman–Crippen LogP) is 4.98. The van der Waals surface area contributed by atoms with Crippen molar-refractivity contribution in [3.05, 3.63) is 101 Å². The van der Waals surface area contributed by atoms with Crippen LogP contribution in [0.15, 0.2) is 72.4 Å². The molecule has 2 amide bonds. The average Bonchev–Trinajstić information content (AvgIpc) is 2.96. The van der Waals surface area contributed by atoms with Gasteiger partial charge in [-0.25, -0.2) is 13.7 Å². The highest BCUT2D eigenvalue weighted by Crippen LogP contribution is 2.35. The van der Waals surface area contributed by atoms with Crippen LogP contribution in [0.25, 0.3) is 5.57 Å². The number of amides is 2. The Hall–Kier alpha value is -3.80. The van der Waals surface area contributed by atoms with Gasteiger partial charge < -0.3 is 5.32 Å². The van der Waals surface area contributed by atoms with Crippen molar-refractivity contribution in [1.82, 2.24) is 0 Å². The van der Waals surface area contributed by atoms with Crippen LogP contribution in [0.1, 0.15) is 16.7 Å². The Labute approximate surface area is 172 Å². The highest BCUT2D eigenvalue weighted by Gasteiger charge is 2.40. The van der Waals surface area contributed by atoms with E-state index in [9.17, 15) is 18.4 Å². The monoisotopic (exact) mass is 404 g/mol. The van der Waals surface area contributed by atoms with Gasteiger partial charge in [0, 0.05) is 5.69 Å². The molecular weight excluding hydrogens is 386 g/mol. The molecule has 0 bridgehead atoms. The number of nitrogens with zero attached hydrogens (tertiary/aromatic N) is 1. The Morgan fingerprint density at radius 1 is 0.767 bits per heavy atom. The van der Waals surface area contributed by atoms with E-state index in [1.165, 1.54) is 48.5 Å². The van der Waals surface area contributed by atoms with Crippen molar-refractivity contribution in [1.29, 1.82) is 0 Å². The normalized spacial score (nSPS) is 13.9. The highest BCUT2D eigenvalue weighted by atomic mass is 19.1. The van der Waals surface area contributed by atoms with Gasteiger partial charge in [-0.1, -0.05) is 24.3 Å². The van der Waals surface area contributed by atoms with Crippen molar-refractivity contribution in [2.75, 3.05) is 10.2 Å². The molecule has 0 aromatic heterocycles. The van der Waals surface area contributed by atoms with E-state index in [4.69, 9.17) is 0 Å². The highest BCUT2D eigenvalue weighted by molar-refractivity contribution is 6.46. The minimum absolute atomic E-state index is 0.0547. The SMILES string of the molecule is Cc1cccc(N2C(=O)C(Nc3ccc(F)cc3)=C(c3ccc(F)cc3)C2=O)c1C. The second-order valence-corrected chi connectivity index (χ2v) is 7.05. The fraction of sp³-hybridized carbons (Fsp3) is 0.0833. The van der Waals surface area contributed by atoms with Crippen molar-refractivity contribution in [2.45, 2.75) is 13.8 Å². The molecule has 0 atom stereocenters. The summed E-state index contributed by atoms with van der Waals surface area (Å²) in [7, 11) is 0. The molecule has 1 N–H and O–H groups in total. The molecule has 4 nitrogen and oxygen atoms in total. The maximum atomic E-state index is 13.4. The molecule has 150 valence electrons. The Kier molecular flexibility index (Phi) is 4.91. The molecule has 0 unspecified atom stereocenters. The van der Waals surface area contributed by atoms with Gasteiger partial charge >= 0.3 is 0 Å². The first-order valence-electron chi connectivity index (χ1n) is 9.34. The molecule has 30 heavy (non-hydrogen) atoms. The van der Waals surface area contributed by atoms with E-state index < -0.39 is 23.4 Å². The first-order chi connectivity index (χ1) is 14.4. The number of hydrogen-bond acceptors (Lipinski definition) is 3. The lowest BCUT2D eigenvalue weighted by molar-refractivity contribution is -0.120. The van der Waals surface area contributed by atoms with Crippen molar-refractivity contribution in [2.24, 2.45) is 0 Å². The molecule has 0 aliphatic carbocycles. The summed E-state index contributed by atoms with van der Waals surface area (Å²) in [4.78, 5) is 27.8. The Balaban J connectivity index is 1.84. The number of benzene rings is 3. The van der Waals surface area contributed by atoms with Crippen molar-refractivity contribution in [3.8, 4) is 0 Å². The molecule has 0 radical (unpaired) electrons. The van der Waals surface area contributed by atoms with Gasteiger partial charge in [-0.2, -0.15) is 0 Å². The predicted molar refractivity (Wildman–Crippen MR) is 112 cm³/mol. The topological polar surface area (TPSA) is 49.4 Å². The van der Waals surface area contributed by atoms with Crippen molar-refractivity contribution in [3.63, 3.8) is 0 Å². The van der Waals surface area contributed by atoms with Crippen LogP contribution < -0.4 is 10.2 Å². The molecular formula is C24H18F2N2O2. The third-order valence-corrected chi connectivity index (χ3v) is 5.15. The zero-order valence-electron chi connectivity index (χ0n) is 16.4. The molecule has 1 aliphatic heterocycles. The van der Waals surface area contributed by atoms with Crippen molar-refractivity contribution < 1.29 is 18.4 Å². The van der Waals surface area contributed by atoms with Crippen LogP contribution in [0.5, 0.6) is 0 Å². The maximum absolute atomic E-state index is 13.4. The van der Waals surface area contributed by atoms with Gasteiger partial charge in [-0.05, 0) is 73.0 Å². The quantitative estimate of drug-likeness (QED) is 0.624. The van der Waals surface area contributed by atoms with Gasteiger partial charge in [0.2, 0.25) is 0 Å². The van der Waals surface area contributed by atoms with Gasteiger partial charge in [0.15, 0.2) is 0 Å². The Bertz CT molecular complexity index is 1180. The van der Waals surface area contributed by atoms with E-state index in [0.717, 1.165) is 16.0 Å². The van der Waals surface area contributed by atoms with Crippen LogP contribution in [-0.4, -0.2) is 11.8 Å². The molecule has 1 aliphatic rings. The number of aryl methyl sites for hydroxylation is 1. The van der Waals surface area contributed by atoms with Crippen LogP contribution in [0.4, 0.5) is 20.2 Å². The summed E-state index contributed by atoms with van der Waals surface area (Å²) in [5.74, 6) is -1.91. The van der Waals surface area contributed by atoms with Crippen LogP contribution in [0.3, 0.4) is 0 Å². The largest absolute Gasteiger partial charge is 0.350 e. The molecule has 3 aromatic rings. The van der Waals surface area contributed by atoms with Gasteiger partial charge in [0.05, 0.1) is 11.3 Å². The van der Waals surface area contributed by atoms with Gasteiger partial charge in [-0.3, -0.25) is 9.59 Å². The van der Waals surface area contributed by atoms with Crippen LogP contribution in [0.2, 0.25) is 0 Å². The number of rotatable bonds is 4. The Morgan fingerprint density at radius 2 is 1.37 bits per heavy atom. The molecule has 0 saturated heterocycles. The number of carbonyl (C=O) groups is 2.